The van der Waals surface area contributed by atoms with E-state index in [-0.39, 0.29) is 28.1 Å². The van der Waals surface area contributed by atoms with Gasteiger partial charge < -0.3 is 14.7 Å². The average molecular weight is 430 g/mol. The maximum Gasteiger partial charge on any atom is 0.340 e. The lowest BCUT2D eigenvalue weighted by atomic mass is 10.1. The molecule has 1 atom stereocenters. The first-order chi connectivity index (χ1) is 14.3. The third-order valence-corrected chi connectivity index (χ3v) is 5.77. The second kappa shape index (κ2) is 9.02. The predicted molar refractivity (Wildman–Crippen MR) is 108 cm³/mol. The zero-order valence-electron chi connectivity index (χ0n) is 16.4. The molecule has 1 saturated heterocycles. The molecular weight excluding hydrogens is 408 g/mol. The number of hydroxylamine groups is 2. The number of guanidine groups is 1. The summed E-state index contributed by atoms with van der Waals surface area (Å²) in [6.07, 6.45) is 0.744. The topological polar surface area (TPSA) is 139 Å². The minimum Gasteiger partial charge on any atom is -0.493 e. The van der Waals surface area contributed by atoms with Gasteiger partial charge in [-0.3, -0.25) is 10.2 Å². The van der Waals surface area contributed by atoms with E-state index in [1.165, 1.54) is 29.3 Å². The molecule has 30 heavy (non-hydrogen) atoms. The molecule has 2 aromatic rings. The first kappa shape index (κ1) is 21.4. The highest BCUT2D eigenvalue weighted by Crippen LogP contribution is 2.27. The summed E-state index contributed by atoms with van der Waals surface area (Å²) in [4.78, 5) is 5.21. The van der Waals surface area contributed by atoms with Gasteiger partial charge in [0.1, 0.15) is 22.5 Å². The summed E-state index contributed by atoms with van der Waals surface area (Å²) in [5.41, 5.74) is 6.16. The van der Waals surface area contributed by atoms with E-state index >= 15 is 0 Å². The molecule has 0 bridgehead atoms. The van der Waals surface area contributed by atoms with E-state index in [0.717, 1.165) is 12.0 Å². The van der Waals surface area contributed by atoms with Crippen molar-refractivity contribution in [1.29, 1.82) is 10.7 Å². The molecule has 2 aromatic carbocycles. The van der Waals surface area contributed by atoms with Crippen molar-refractivity contribution < 1.29 is 22.2 Å². The maximum atomic E-state index is 12.6. The van der Waals surface area contributed by atoms with Crippen molar-refractivity contribution in [3.8, 4) is 17.6 Å². The number of aryl methyl sites for hydroxylation is 1. The Kier molecular flexibility index (Phi) is 6.44. The predicted octanol–water partition coefficient (Wildman–Crippen LogP) is 2.16. The number of nitrogens with two attached hydrogens (primary N) is 1. The zero-order chi connectivity index (χ0) is 21.7. The number of rotatable bonds is 6. The molecular formula is C20H22N4O5S. The number of nitriles is 1. The smallest absolute Gasteiger partial charge is 0.340 e. The quantitative estimate of drug-likeness (QED) is 0.404. The van der Waals surface area contributed by atoms with Crippen molar-refractivity contribution in [2.45, 2.75) is 18.2 Å². The number of nitrogens with zero attached hydrogens (tertiary/aromatic N) is 2. The molecule has 0 aromatic heterocycles. The summed E-state index contributed by atoms with van der Waals surface area (Å²) in [5.74, 6) is 0.536. The van der Waals surface area contributed by atoms with Crippen molar-refractivity contribution in [2.75, 3.05) is 19.8 Å². The first-order valence-corrected chi connectivity index (χ1v) is 10.6. The van der Waals surface area contributed by atoms with Crippen LogP contribution in [0.2, 0.25) is 0 Å². The fraction of sp³-hybridized carbons (Fsp3) is 0.300. The lowest BCUT2D eigenvalue weighted by Gasteiger charge is -2.31. The standard InChI is InChI=1S/C20H22N4O5S/c1-14-8-17(27-12-15-6-7-24(20(22)23)28-13-15)10-18(9-14)29-30(25,26)19-5-3-2-4-16(19)11-21/h2-5,8-10,15H,6-7,12-13H2,1H3,(H3,22,23). The Bertz CT molecular complexity index is 1070. The van der Waals surface area contributed by atoms with E-state index in [4.69, 9.17) is 30.2 Å². The SMILES string of the molecule is Cc1cc(OCC2CCN(C(=N)N)OC2)cc(OS(=O)(=O)c2ccccc2C#N)c1. The van der Waals surface area contributed by atoms with Crippen LogP contribution in [0.1, 0.15) is 17.5 Å². The second-order valence-corrected chi connectivity index (χ2v) is 8.39. The van der Waals surface area contributed by atoms with Crippen LogP contribution in [0.5, 0.6) is 11.5 Å². The molecule has 0 spiro atoms. The largest absolute Gasteiger partial charge is 0.493 e. The minimum atomic E-state index is -4.17. The van der Waals surface area contributed by atoms with Crippen LogP contribution in [0.25, 0.3) is 0 Å². The highest BCUT2D eigenvalue weighted by Gasteiger charge is 2.23. The van der Waals surface area contributed by atoms with Crippen LogP contribution in [0, 0.1) is 29.6 Å². The molecule has 0 aliphatic carbocycles. The van der Waals surface area contributed by atoms with Gasteiger partial charge in [0.15, 0.2) is 0 Å². The average Bonchev–Trinajstić information content (AvgIpc) is 2.71. The van der Waals surface area contributed by atoms with Gasteiger partial charge in [0, 0.05) is 18.5 Å². The van der Waals surface area contributed by atoms with Crippen molar-refractivity contribution in [2.24, 2.45) is 11.7 Å². The Hall–Kier alpha value is -3.29. The highest BCUT2D eigenvalue weighted by atomic mass is 32.2. The third kappa shape index (κ3) is 5.20. The maximum absolute atomic E-state index is 12.6. The van der Waals surface area contributed by atoms with Crippen LogP contribution in [-0.4, -0.2) is 39.2 Å². The normalized spacial score (nSPS) is 16.5. The van der Waals surface area contributed by atoms with E-state index in [9.17, 15) is 8.42 Å². The summed E-state index contributed by atoms with van der Waals surface area (Å²) in [5, 5.41) is 17.9. The lowest BCUT2D eigenvalue weighted by molar-refractivity contribution is -0.149. The van der Waals surface area contributed by atoms with Crippen LogP contribution in [0.4, 0.5) is 0 Å². The Morgan fingerprint density at radius 2 is 2.07 bits per heavy atom. The van der Waals surface area contributed by atoms with Gasteiger partial charge in [-0.25, -0.2) is 5.06 Å². The Balaban J connectivity index is 1.68. The molecule has 9 nitrogen and oxygen atoms in total. The van der Waals surface area contributed by atoms with Gasteiger partial charge in [0.05, 0.1) is 18.8 Å². The van der Waals surface area contributed by atoms with Gasteiger partial charge in [-0.1, -0.05) is 12.1 Å². The summed E-state index contributed by atoms with van der Waals surface area (Å²) < 4.78 is 36.3. The molecule has 1 fully saturated rings. The second-order valence-electron chi connectivity index (χ2n) is 6.88. The number of benzene rings is 2. The van der Waals surface area contributed by atoms with Crippen molar-refractivity contribution in [3.63, 3.8) is 0 Å². The minimum absolute atomic E-state index is 0.0125. The van der Waals surface area contributed by atoms with Crippen LogP contribution in [0.15, 0.2) is 47.4 Å². The molecule has 1 aliphatic rings. The van der Waals surface area contributed by atoms with Gasteiger partial charge in [-0.15, -0.1) is 0 Å². The van der Waals surface area contributed by atoms with Gasteiger partial charge in [-0.05, 0) is 43.2 Å². The zero-order valence-corrected chi connectivity index (χ0v) is 17.2. The number of nitrogens with one attached hydrogen (secondary N) is 1. The summed E-state index contributed by atoms with van der Waals surface area (Å²) >= 11 is 0. The number of hydrogen-bond acceptors (Lipinski definition) is 7. The fourth-order valence-electron chi connectivity index (χ4n) is 2.97. The van der Waals surface area contributed by atoms with Gasteiger partial charge in [0.2, 0.25) is 5.96 Å². The van der Waals surface area contributed by atoms with E-state index in [2.05, 4.69) is 0 Å². The lowest BCUT2D eigenvalue weighted by Crippen LogP contribution is -2.43. The van der Waals surface area contributed by atoms with Gasteiger partial charge in [0.25, 0.3) is 0 Å². The Morgan fingerprint density at radius 3 is 2.73 bits per heavy atom. The molecule has 1 unspecified atom stereocenters. The molecule has 158 valence electrons. The molecule has 10 heteroatoms. The molecule has 3 N–H and O–H groups in total. The van der Waals surface area contributed by atoms with Gasteiger partial charge in [-0.2, -0.15) is 13.7 Å². The Morgan fingerprint density at radius 1 is 1.33 bits per heavy atom. The van der Waals surface area contributed by atoms with Crippen LogP contribution in [0.3, 0.4) is 0 Å². The number of hydrogen-bond donors (Lipinski definition) is 2. The molecule has 0 amide bonds. The van der Waals surface area contributed by atoms with Crippen LogP contribution < -0.4 is 14.7 Å². The van der Waals surface area contributed by atoms with Crippen molar-refractivity contribution >= 4 is 16.1 Å². The van der Waals surface area contributed by atoms with E-state index < -0.39 is 10.1 Å². The summed E-state index contributed by atoms with van der Waals surface area (Å²) in [6.45, 7) is 3.03. The summed E-state index contributed by atoms with van der Waals surface area (Å²) in [7, 11) is -4.17. The van der Waals surface area contributed by atoms with Crippen LogP contribution in [-0.2, 0) is 15.0 Å². The van der Waals surface area contributed by atoms with E-state index in [1.54, 1.807) is 25.1 Å². The highest BCUT2D eigenvalue weighted by molar-refractivity contribution is 7.87. The van der Waals surface area contributed by atoms with Crippen LogP contribution >= 0.6 is 0 Å². The molecule has 3 rings (SSSR count). The third-order valence-electron chi connectivity index (χ3n) is 4.47. The number of ether oxygens (including phenoxy) is 1. The first-order valence-electron chi connectivity index (χ1n) is 9.21. The monoisotopic (exact) mass is 430 g/mol. The molecule has 0 radical (unpaired) electrons. The Labute approximate surface area is 175 Å². The van der Waals surface area contributed by atoms with Gasteiger partial charge >= 0.3 is 10.1 Å². The summed E-state index contributed by atoms with van der Waals surface area (Å²) in [6, 6.07) is 12.6. The van der Waals surface area contributed by atoms with Crippen molar-refractivity contribution in [1.82, 2.24) is 5.06 Å². The molecule has 0 saturated carbocycles. The van der Waals surface area contributed by atoms with Crippen molar-refractivity contribution in [3.05, 3.63) is 53.6 Å². The van der Waals surface area contributed by atoms with E-state index in [0.29, 0.717) is 25.5 Å². The molecule has 1 aliphatic heterocycles. The molecule has 1 heterocycles. The van der Waals surface area contributed by atoms with E-state index in [1.807, 2.05) is 6.07 Å². The fourth-order valence-corrected chi connectivity index (χ4v) is 4.04.